The average Bonchev–Trinajstić information content (AvgIpc) is 2.68. The molecule has 0 saturated heterocycles. The summed E-state index contributed by atoms with van der Waals surface area (Å²) in [5.74, 6) is -1.31. The Morgan fingerprint density at radius 3 is 2.39 bits per heavy atom. The van der Waals surface area contributed by atoms with Crippen LogP contribution in [0.5, 0.6) is 0 Å². The molecule has 5 heteroatoms. The third kappa shape index (κ3) is 6.05. The largest absolute Gasteiger partial charge is 0.480 e. The van der Waals surface area contributed by atoms with Gasteiger partial charge in [0.2, 0.25) is 0 Å². The van der Waals surface area contributed by atoms with E-state index < -0.39 is 5.97 Å². The highest BCUT2D eigenvalue weighted by Crippen LogP contribution is 2.25. The van der Waals surface area contributed by atoms with Crippen molar-refractivity contribution in [3.05, 3.63) is 78.1 Å². The van der Waals surface area contributed by atoms with Gasteiger partial charge in [-0.3, -0.25) is 9.59 Å². The fourth-order valence-corrected chi connectivity index (χ4v) is 3.07. The molecule has 2 rings (SSSR count). The summed E-state index contributed by atoms with van der Waals surface area (Å²) in [6, 6.07) is 12.1. The van der Waals surface area contributed by atoms with E-state index in [0.717, 1.165) is 0 Å². The van der Waals surface area contributed by atoms with Gasteiger partial charge in [-0.1, -0.05) is 30.3 Å². The zero-order valence-corrected chi connectivity index (χ0v) is 16.7. The molecule has 0 spiro atoms. The molecule has 28 heavy (non-hydrogen) atoms. The van der Waals surface area contributed by atoms with Crippen LogP contribution in [0.1, 0.15) is 41.8 Å². The van der Waals surface area contributed by atoms with Gasteiger partial charge in [0.25, 0.3) is 0 Å². The highest BCUT2D eigenvalue weighted by molar-refractivity contribution is 6.00. The lowest BCUT2D eigenvalue weighted by Crippen LogP contribution is -2.38. The highest BCUT2D eigenvalue weighted by atomic mass is 19.1. The number of para-hydroxylation sites is 1. The maximum absolute atomic E-state index is 14.2. The van der Waals surface area contributed by atoms with Crippen molar-refractivity contribution < 1.29 is 19.1 Å². The van der Waals surface area contributed by atoms with Crippen LogP contribution in [0.15, 0.2) is 55.6 Å². The Hall–Kier alpha value is -2.95. The van der Waals surface area contributed by atoms with Crippen molar-refractivity contribution in [1.29, 1.82) is 0 Å². The second kappa shape index (κ2) is 11.0. The SMILES string of the molecule is C=C.CC(=O)c1ccccc1N(CC(=O)O)C(C)CCc1cccc(C)c1F. The maximum Gasteiger partial charge on any atom is 0.323 e. The van der Waals surface area contributed by atoms with Gasteiger partial charge >= 0.3 is 5.97 Å². The summed E-state index contributed by atoms with van der Waals surface area (Å²) in [5.41, 5.74) is 2.30. The number of halogens is 1. The summed E-state index contributed by atoms with van der Waals surface area (Å²) in [4.78, 5) is 25.0. The van der Waals surface area contributed by atoms with Crippen LogP contribution in [-0.4, -0.2) is 29.4 Å². The molecule has 1 unspecified atom stereocenters. The average molecular weight is 385 g/mol. The molecule has 0 aliphatic heterocycles. The number of carbonyl (C=O) groups excluding carboxylic acids is 1. The van der Waals surface area contributed by atoms with Gasteiger partial charge in [0.1, 0.15) is 12.4 Å². The first-order valence-electron chi connectivity index (χ1n) is 9.13. The fraction of sp³-hybridized carbons (Fsp3) is 0.304. The molecule has 4 nitrogen and oxygen atoms in total. The van der Waals surface area contributed by atoms with Crippen LogP contribution < -0.4 is 4.90 Å². The molecule has 0 aromatic heterocycles. The van der Waals surface area contributed by atoms with Crippen molar-refractivity contribution in [2.45, 2.75) is 39.7 Å². The van der Waals surface area contributed by atoms with E-state index >= 15 is 0 Å². The lowest BCUT2D eigenvalue weighted by Gasteiger charge is -2.31. The summed E-state index contributed by atoms with van der Waals surface area (Å²) in [6.07, 6.45) is 1.06. The van der Waals surface area contributed by atoms with Crippen LogP contribution in [0.4, 0.5) is 10.1 Å². The summed E-state index contributed by atoms with van der Waals surface area (Å²) in [5, 5.41) is 9.30. The number of aliphatic carboxylic acids is 1. The second-order valence-electron chi connectivity index (χ2n) is 6.53. The number of aryl methyl sites for hydroxylation is 2. The first-order valence-corrected chi connectivity index (χ1v) is 9.13. The number of benzene rings is 2. The van der Waals surface area contributed by atoms with Crippen LogP contribution in [0.2, 0.25) is 0 Å². The summed E-state index contributed by atoms with van der Waals surface area (Å²) >= 11 is 0. The molecule has 1 N–H and O–H groups in total. The quantitative estimate of drug-likeness (QED) is 0.510. The Balaban J connectivity index is 0.00000190. The van der Waals surface area contributed by atoms with E-state index in [9.17, 15) is 19.1 Å². The molecule has 150 valence electrons. The number of rotatable bonds is 8. The van der Waals surface area contributed by atoms with E-state index in [-0.39, 0.29) is 24.2 Å². The van der Waals surface area contributed by atoms with E-state index in [1.54, 1.807) is 48.2 Å². The van der Waals surface area contributed by atoms with Gasteiger partial charge in [0.15, 0.2) is 5.78 Å². The lowest BCUT2D eigenvalue weighted by molar-refractivity contribution is -0.135. The summed E-state index contributed by atoms with van der Waals surface area (Å²) in [7, 11) is 0. The predicted molar refractivity (Wildman–Crippen MR) is 112 cm³/mol. The molecule has 2 aromatic carbocycles. The van der Waals surface area contributed by atoms with Crippen molar-refractivity contribution in [2.24, 2.45) is 0 Å². The van der Waals surface area contributed by atoms with E-state index in [4.69, 9.17) is 0 Å². The molecular formula is C23H28FNO3. The molecule has 0 saturated carbocycles. The fourth-order valence-electron chi connectivity index (χ4n) is 3.07. The predicted octanol–water partition coefficient (Wildman–Crippen LogP) is 5.05. The molecule has 0 fully saturated rings. The third-order valence-corrected chi connectivity index (χ3v) is 4.53. The minimum atomic E-state index is -0.975. The van der Waals surface area contributed by atoms with Gasteiger partial charge in [-0.05, 0) is 56.9 Å². The molecule has 2 aromatic rings. The third-order valence-electron chi connectivity index (χ3n) is 4.53. The van der Waals surface area contributed by atoms with Crippen LogP contribution in [0.3, 0.4) is 0 Å². The maximum atomic E-state index is 14.2. The van der Waals surface area contributed by atoms with Gasteiger partial charge in [0, 0.05) is 17.3 Å². The first kappa shape index (κ1) is 23.1. The van der Waals surface area contributed by atoms with Gasteiger partial charge in [-0.25, -0.2) is 4.39 Å². The lowest BCUT2D eigenvalue weighted by atomic mass is 10.0. The number of carbonyl (C=O) groups is 2. The number of nitrogens with zero attached hydrogens (tertiary/aromatic N) is 1. The first-order chi connectivity index (χ1) is 13.3. The van der Waals surface area contributed by atoms with Crippen molar-refractivity contribution in [2.75, 3.05) is 11.4 Å². The summed E-state index contributed by atoms with van der Waals surface area (Å²) in [6.45, 7) is 10.9. The number of carboxylic acid groups (broad SMARTS) is 1. The zero-order valence-electron chi connectivity index (χ0n) is 16.7. The van der Waals surface area contributed by atoms with E-state index in [2.05, 4.69) is 13.2 Å². The van der Waals surface area contributed by atoms with Crippen LogP contribution in [0.25, 0.3) is 0 Å². The van der Waals surface area contributed by atoms with E-state index in [1.807, 2.05) is 13.0 Å². The van der Waals surface area contributed by atoms with Crippen molar-refractivity contribution in [3.8, 4) is 0 Å². The number of ketones is 1. The summed E-state index contributed by atoms with van der Waals surface area (Å²) < 4.78 is 14.2. The van der Waals surface area contributed by atoms with Gasteiger partial charge in [-0.15, -0.1) is 13.2 Å². The molecule has 1 atom stereocenters. The Kier molecular flexibility index (Phi) is 9.09. The minimum absolute atomic E-state index is 0.118. The van der Waals surface area contributed by atoms with Crippen LogP contribution in [-0.2, 0) is 11.2 Å². The Labute approximate surface area is 166 Å². The van der Waals surface area contributed by atoms with E-state index in [0.29, 0.717) is 35.2 Å². The van der Waals surface area contributed by atoms with Crippen LogP contribution in [0, 0.1) is 12.7 Å². The van der Waals surface area contributed by atoms with Crippen molar-refractivity contribution in [3.63, 3.8) is 0 Å². The molecule has 0 amide bonds. The Morgan fingerprint density at radius 1 is 1.14 bits per heavy atom. The molecule has 0 bridgehead atoms. The molecule has 0 heterocycles. The standard InChI is InChI=1S/C21H24FNO3.C2H4/c1-14-7-6-8-17(21(14)22)12-11-15(2)23(13-20(25)26)19-10-5-4-9-18(19)16(3)24;1-2/h4-10,15H,11-13H2,1-3H3,(H,25,26);1-2H2. The molecule has 0 aliphatic rings. The number of hydrogen-bond acceptors (Lipinski definition) is 3. The Morgan fingerprint density at radius 2 is 1.79 bits per heavy atom. The van der Waals surface area contributed by atoms with Crippen LogP contribution >= 0.6 is 0 Å². The normalized spacial score (nSPS) is 11.1. The van der Waals surface area contributed by atoms with Gasteiger partial charge < -0.3 is 10.0 Å². The Bertz CT molecular complexity index is 819. The van der Waals surface area contributed by atoms with Gasteiger partial charge in [-0.2, -0.15) is 0 Å². The van der Waals surface area contributed by atoms with E-state index in [1.165, 1.54) is 6.92 Å². The zero-order chi connectivity index (χ0) is 21.3. The molecule has 0 radical (unpaired) electrons. The second-order valence-corrected chi connectivity index (χ2v) is 6.53. The number of carboxylic acids is 1. The van der Waals surface area contributed by atoms with Gasteiger partial charge in [0.05, 0.1) is 0 Å². The minimum Gasteiger partial charge on any atom is -0.480 e. The molecular weight excluding hydrogens is 357 g/mol. The monoisotopic (exact) mass is 385 g/mol. The molecule has 0 aliphatic carbocycles. The van der Waals surface area contributed by atoms with Crippen molar-refractivity contribution >= 4 is 17.4 Å². The van der Waals surface area contributed by atoms with Crippen molar-refractivity contribution in [1.82, 2.24) is 0 Å². The number of Topliss-reactive ketones (excluding diaryl/α,β-unsaturated/α-hetero) is 1. The smallest absolute Gasteiger partial charge is 0.323 e. The highest BCUT2D eigenvalue weighted by Gasteiger charge is 2.21. The number of anilines is 1. The number of hydrogen-bond donors (Lipinski definition) is 1. The topological polar surface area (TPSA) is 57.6 Å².